The van der Waals surface area contributed by atoms with Crippen molar-refractivity contribution in [3.63, 3.8) is 0 Å². The third kappa shape index (κ3) is 3.45. The van der Waals surface area contributed by atoms with Gasteiger partial charge in [-0.15, -0.1) is 0 Å². The number of piperidine rings is 1. The van der Waals surface area contributed by atoms with Crippen molar-refractivity contribution in [1.82, 2.24) is 9.88 Å². The van der Waals surface area contributed by atoms with Gasteiger partial charge in [-0.2, -0.15) is 0 Å². The maximum atomic E-state index is 4.40. The molecular weight excluding hydrogens is 244 g/mol. The summed E-state index contributed by atoms with van der Waals surface area (Å²) in [6.45, 7) is 3.57. The monoisotopic (exact) mass is 266 g/mol. The standard InChI is InChI=1S/C18H22N2/c1-2-6-16(7-3-1)17-9-13-20(14-10-17)15-11-18-8-4-5-12-19-18/h1-8,12,17H,9-11,13-15H2. The molecule has 0 N–H and O–H groups in total. The third-order valence-electron chi connectivity index (χ3n) is 4.27. The van der Waals surface area contributed by atoms with Crippen molar-refractivity contribution in [2.75, 3.05) is 19.6 Å². The minimum Gasteiger partial charge on any atom is -0.303 e. The van der Waals surface area contributed by atoms with Gasteiger partial charge in [0.25, 0.3) is 0 Å². The summed E-state index contributed by atoms with van der Waals surface area (Å²) >= 11 is 0. The van der Waals surface area contributed by atoms with Gasteiger partial charge in [0.1, 0.15) is 0 Å². The lowest BCUT2D eigenvalue weighted by Crippen LogP contribution is -2.34. The van der Waals surface area contributed by atoms with Gasteiger partial charge in [0.15, 0.2) is 0 Å². The molecule has 0 aliphatic carbocycles. The number of pyridine rings is 1. The number of hydrogen-bond donors (Lipinski definition) is 0. The van der Waals surface area contributed by atoms with Gasteiger partial charge in [-0.25, -0.2) is 0 Å². The lowest BCUT2D eigenvalue weighted by Gasteiger charge is -2.32. The van der Waals surface area contributed by atoms with E-state index in [2.05, 4.69) is 52.3 Å². The largest absolute Gasteiger partial charge is 0.303 e. The van der Waals surface area contributed by atoms with E-state index in [9.17, 15) is 0 Å². The van der Waals surface area contributed by atoms with E-state index in [0.29, 0.717) is 0 Å². The van der Waals surface area contributed by atoms with E-state index < -0.39 is 0 Å². The minimum absolute atomic E-state index is 0.752. The highest BCUT2D eigenvalue weighted by Crippen LogP contribution is 2.27. The maximum absolute atomic E-state index is 4.40. The van der Waals surface area contributed by atoms with Crippen molar-refractivity contribution in [3.8, 4) is 0 Å². The molecule has 1 saturated heterocycles. The van der Waals surface area contributed by atoms with Crippen LogP contribution in [0.4, 0.5) is 0 Å². The summed E-state index contributed by atoms with van der Waals surface area (Å²) in [4.78, 5) is 6.98. The zero-order valence-electron chi connectivity index (χ0n) is 11.9. The van der Waals surface area contributed by atoms with Gasteiger partial charge in [0, 0.05) is 24.9 Å². The lowest BCUT2D eigenvalue weighted by atomic mass is 9.89. The third-order valence-corrected chi connectivity index (χ3v) is 4.27. The highest BCUT2D eigenvalue weighted by molar-refractivity contribution is 5.20. The van der Waals surface area contributed by atoms with E-state index in [1.807, 2.05) is 12.3 Å². The molecule has 0 amide bonds. The molecule has 0 bridgehead atoms. The smallest absolute Gasteiger partial charge is 0.0416 e. The average molecular weight is 266 g/mol. The summed E-state index contributed by atoms with van der Waals surface area (Å²) in [6.07, 6.45) is 5.52. The van der Waals surface area contributed by atoms with E-state index in [1.165, 1.54) is 37.2 Å². The lowest BCUT2D eigenvalue weighted by molar-refractivity contribution is 0.214. The van der Waals surface area contributed by atoms with Crippen molar-refractivity contribution < 1.29 is 0 Å². The molecule has 1 aliphatic rings. The highest BCUT2D eigenvalue weighted by Gasteiger charge is 2.19. The Bertz CT molecular complexity index is 501. The van der Waals surface area contributed by atoms with E-state index in [0.717, 1.165) is 18.9 Å². The second kappa shape index (κ2) is 6.67. The summed E-state index contributed by atoms with van der Waals surface area (Å²) in [6, 6.07) is 17.1. The van der Waals surface area contributed by atoms with Crippen LogP contribution in [0.15, 0.2) is 54.7 Å². The summed E-state index contributed by atoms with van der Waals surface area (Å²) in [7, 11) is 0. The predicted octanol–water partition coefficient (Wildman–Crippen LogP) is 3.50. The number of nitrogens with zero attached hydrogens (tertiary/aromatic N) is 2. The molecule has 20 heavy (non-hydrogen) atoms. The number of likely N-dealkylation sites (tertiary alicyclic amines) is 1. The average Bonchev–Trinajstić information content (AvgIpc) is 2.55. The van der Waals surface area contributed by atoms with Gasteiger partial charge in [-0.3, -0.25) is 4.98 Å². The maximum Gasteiger partial charge on any atom is 0.0416 e. The van der Waals surface area contributed by atoms with E-state index in [1.54, 1.807) is 0 Å². The molecule has 0 atom stereocenters. The molecule has 0 unspecified atom stereocenters. The van der Waals surface area contributed by atoms with Crippen LogP contribution < -0.4 is 0 Å². The van der Waals surface area contributed by atoms with Crippen LogP contribution >= 0.6 is 0 Å². The summed E-state index contributed by atoms with van der Waals surface area (Å²) in [5.41, 5.74) is 2.72. The van der Waals surface area contributed by atoms with Crippen LogP contribution in [0, 0.1) is 0 Å². The van der Waals surface area contributed by atoms with E-state index in [-0.39, 0.29) is 0 Å². The normalized spacial score (nSPS) is 17.2. The Morgan fingerprint density at radius 1 is 0.950 bits per heavy atom. The van der Waals surface area contributed by atoms with Crippen LogP contribution in [-0.2, 0) is 6.42 Å². The number of rotatable bonds is 4. The molecule has 104 valence electrons. The Kier molecular flexibility index (Phi) is 4.44. The minimum atomic E-state index is 0.752. The van der Waals surface area contributed by atoms with E-state index >= 15 is 0 Å². The molecule has 1 aromatic carbocycles. The van der Waals surface area contributed by atoms with Gasteiger partial charge in [0.05, 0.1) is 0 Å². The first kappa shape index (κ1) is 13.3. The summed E-state index contributed by atoms with van der Waals surface area (Å²) in [5.74, 6) is 0.752. The van der Waals surface area contributed by atoms with Crippen molar-refractivity contribution in [3.05, 3.63) is 66.0 Å². The van der Waals surface area contributed by atoms with Gasteiger partial charge in [-0.05, 0) is 49.5 Å². The molecule has 2 heteroatoms. The fourth-order valence-corrected chi connectivity index (χ4v) is 3.03. The van der Waals surface area contributed by atoms with Crippen LogP contribution in [0.1, 0.15) is 30.0 Å². The van der Waals surface area contributed by atoms with Gasteiger partial charge in [0.2, 0.25) is 0 Å². The molecule has 1 aliphatic heterocycles. The van der Waals surface area contributed by atoms with Gasteiger partial charge >= 0.3 is 0 Å². The number of benzene rings is 1. The molecule has 3 rings (SSSR count). The van der Waals surface area contributed by atoms with Gasteiger partial charge < -0.3 is 4.90 Å². The second-order valence-corrected chi connectivity index (χ2v) is 5.60. The number of aromatic nitrogens is 1. The van der Waals surface area contributed by atoms with E-state index in [4.69, 9.17) is 0 Å². The Labute approximate surface area is 121 Å². The summed E-state index contributed by atoms with van der Waals surface area (Å²) in [5, 5.41) is 0. The fourth-order valence-electron chi connectivity index (χ4n) is 3.03. The molecule has 0 saturated carbocycles. The molecular formula is C18H22N2. The molecule has 2 nitrogen and oxygen atoms in total. The topological polar surface area (TPSA) is 16.1 Å². The first-order valence-electron chi connectivity index (χ1n) is 7.59. The molecule has 1 fully saturated rings. The van der Waals surface area contributed by atoms with Crippen LogP contribution in [0.25, 0.3) is 0 Å². The molecule has 0 spiro atoms. The quantitative estimate of drug-likeness (QED) is 0.842. The van der Waals surface area contributed by atoms with Crippen LogP contribution in [0.3, 0.4) is 0 Å². The van der Waals surface area contributed by atoms with Crippen LogP contribution in [0.5, 0.6) is 0 Å². The second-order valence-electron chi connectivity index (χ2n) is 5.60. The number of hydrogen-bond acceptors (Lipinski definition) is 2. The summed E-state index contributed by atoms with van der Waals surface area (Å²) < 4.78 is 0. The Hall–Kier alpha value is -1.67. The molecule has 2 aromatic rings. The van der Waals surface area contributed by atoms with Crippen LogP contribution in [-0.4, -0.2) is 29.5 Å². The fraction of sp³-hybridized carbons (Fsp3) is 0.389. The Morgan fingerprint density at radius 3 is 2.40 bits per heavy atom. The van der Waals surface area contributed by atoms with Crippen molar-refractivity contribution >= 4 is 0 Å². The molecule has 2 heterocycles. The first-order chi connectivity index (χ1) is 9.92. The Morgan fingerprint density at radius 2 is 1.70 bits per heavy atom. The Balaban J connectivity index is 1.47. The molecule has 0 radical (unpaired) electrons. The van der Waals surface area contributed by atoms with Crippen molar-refractivity contribution in [1.29, 1.82) is 0 Å². The van der Waals surface area contributed by atoms with Gasteiger partial charge in [-0.1, -0.05) is 36.4 Å². The van der Waals surface area contributed by atoms with Crippen molar-refractivity contribution in [2.24, 2.45) is 0 Å². The zero-order valence-corrected chi connectivity index (χ0v) is 11.9. The van der Waals surface area contributed by atoms with Crippen LogP contribution in [0.2, 0.25) is 0 Å². The SMILES string of the molecule is c1ccc(C2CCN(CCc3ccccn3)CC2)cc1. The predicted molar refractivity (Wildman–Crippen MR) is 82.8 cm³/mol. The highest BCUT2D eigenvalue weighted by atomic mass is 15.1. The molecule has 1 aromatic heterocycles. The van der Waals surface area contributed by atoms with Crippen molar-refractivity contribution in [2.45, 2.75) is 25.2 Å². The first-order valence-corrected chi connectivity index (χ1v) is 7.59. The zero-order chi connectivity index (χ0) is 13.6.